The highest BCUT2D eigenvalue weighted by Crippen LogP contribution is 2.22. The Kier molecular flexibility index (Phi) is 4.93. The molecule has 132 valence electrons. The van der Waals surface area contributed by atoms with Crippen molar-refractivity contribution in [2.75, 3.05) is 5.32 Å². The highest BCUT2D eigenvalue weighted by molar-refractivity contribution is 5.90. The molecule has 2 N–H and O–H groups in total. The predicted molar refractivity (Wildman–Crippen MR) is 93.3 cm³/mol. The molecule has 0 radical (unpaired) electrons. The van der Waals surface area contributed by atoms with Gasteiger partial charge in [0.05, 0.1) is 6.20 Å². The molecule has 26 heavy (non-hydrogen) atoms. The zero-order valence-electron chi connectivity index (χ0n) is 13.9. The fourth-order valence-electron chi connectivity index (χ4n) is 2.17. The van der Waals surface area contributed by atoms with Crippen LogP contribution in [0.2, 0.25) is 0 Å². The van der Waals surface area contributed by atoms with Gasteiger partial charge in [-0.3, -0.25) is 14.5 Å². The van der Waals surface area contributed by atoms with Crippen molar-refractivity contribution in [3.05, 3.63) is 66.2 Å². The second-order valence-electron chi connectivity index (χ2n) is 5.51. The molecule has 3 aromatic rings. The third kappa shape index (κ3) is 4.44. The summed E-state index contributed by atoms with van der Waals surface area (Å²) >= 11 is 0. The van der Waals surface area contributed by atoms with E-state index in [9.17, 15) is 9.59 Å². The Morgan fingerprint density at radius 3 is 2.46 bits per heavy atom. The fourth-order valence-corrected chi connectivity index (χ4v) is 2.17. The first kappa shape index (κ1) is 17.2. The molecule has 0 saturated carbocycles. The summed E-state index contributed by atoms with van der Waals surface area (Å²) in [6.07, 6.45) is 3.08. The van der Waals surface area contributed by atoms with Crippen LogP contribution in [0.1, 0.15) is 16.2 Å². The Morgan fingerprint density at radius 1 is 1.12 bits per heavy atom. The van der Waals surface area contributed by atoms with Gasteiger partial charge in [-0.25, -0.2) is 4.79 Å². The molecule has 8 heteroatoms. The average Bonchev–Trinajstić information content (AvgIpc) is 3.07. The Morgan fingerprint density at radius 2 is 1.85 bits per heavy atom. The maximum atomic E-state index is 12.0. The number of aryl methyl sites for hydroxylation is 1. The smallest absolute Gasteiger partial charge is 0.356 e. The number of benzene rings is 1. The summed E-state index contributed by atoms with van der Waals surface area (Å²) < 4.78 is 6.93. The number of aromatic nitrogens is 3. The largest absolute Gasteiger partial charge is 0.476 e. The standard InChI is InChI=1S/C18H16N4O4/c1-12-2-5-15(10-19-12)26-14-6-3-13(4-7-14)20-17(23)11-22-9-8-16(21-22)18(24)25/h2-10H,11H2,1H3,(H,20,23)(H,24,25). The number of nitrogens with one attached hydrogen (secondary N) is 1. The van der Waals surface area contributed by atoms with Crippen molar-refractivity contribution in [3.8, 4) is 11.5 Å². The summed E-state index contributed by atoms with van der Waals surface area (Å²) in [7, 11) is 0. The molecule has 0 aliphatic carbocycles. The monoisotopic (exact) mass is 352 g/mol. The van der Waals surface area contributed by atoms with Crippen LogP contribution in [0.15, 0.2) is 54.9 Å². The van der Waals surface area contributed by atoms with Gasteiger partial charge in [0.1, 0.15) is 18.0 Å². The van der Waals surface area contributed by atoms with Crippen molar-refractivity contribution in [1.29, 1.82) is 0 Å². The summed E-state index contributed by atoms with van der Waals surface area (Å²) in [5, 5.41) is 15.3. The van der Waals surface area contributed by atoms with E-state index in [-0.39, 0.29) is 18.1 Å². The molecule has 0 unspecified atom stereocenters. The lowest BCUT2D eigenvalue weighted by atomic mass is 10.3. The summed E-state index contributed by atoms with van der Waals surface area (Å²) in [6, 6.07) is 11.9. The molecule has 0 bridgehead atoms. The van der Waals surface area contributed by atoms with E-state index < -0.39 is 5.97 Å². The molecule has 1 amide bonds. The number of carboxylic acid groups (broad SMARTS) is 1. The topological polar surface area (TPSA) is 106 Å². The van der Waals surface area contributed by atoms with E-state index in [1.807, 2.05) is 19.1 Å². The molecule has 3 rings (SSSR count). The quantitative estimate of drug-likeness (QED) is 0.706. The highest BCUT2D eigenvalue weighted by Gasteiger charge is 2.09. The van der Waals surface area contributed by atoms with Gasteiger partial charge in [-0.15, -0.1) is 0 Å². The Balaban J connectivity index is 1.57. The first-order valence-electron chi connectivity index (χ1n) is 7.77. The zero-order chi connectivity index (χ0) is 18.5. The average molecular weight is 352 g/mol. The van der Waals surface area contributed by atoms with Gasteiger partial charge in [-0.05, 0) is 49.4 Å². The molecule has 0 fully saturated rings. The van der Waals surface area contributed by atoms with E-state index in [0.29, 0.717) is 17.2 Å². The van der Waals surface area contributed by atoms with E-state index in [1.54, 1.807) is 30.5 Å². The van der Waals surface area contributed by atoms with E-state index in [0.717, 1.165) is 5.69 Å². The van der Waals surface area contributed by atoms with Gasteiger partial charge in [-0.1, -0.05) is 0 Å². The van der Waals surface area contributed by atoms with Gasteiger partial charge < -0.3 is 15.2 Å². The second-order valence-corrected chi connectivity index (χ2v) is 5.51. The number of anilines is 1. The number of carbonyl (C=O) groups excluding carboxylic acids is 1. The molecule has 1 aromatic carbocycles. The van der Waals surface area contributed by atoms with Crippen LogP contribution >= 0.6 is 0 Å². The zero-order valence-corrected chi connectivity index (χ0v) is 13.9. The number of carbonyl (C=O) groups is 2. The van der Waals surface area contributed by atoms with Crippen molar-refractivity contribution in [2.24, 2.45) is 0 Å². The van der Waals surface area contributed by atoms with E-state index in [1.165, 1.54) is 16.9 Å². The number of ether oxygens (including phenoxy) is 1. The lowest BCUT2D eigenvalue weighted by Crippen LogP contribution is -2.19. The fraction of sp³-hybridized carbons (Fsp3) is 0.111. The summed E-state index contributed by atoms with van der Waals surface area (Å²) in [4.78, 5) is 26.9. The Bertz CT molecular complexity index is 917. The van der Waals surface area contributed by atoms with Crippen LogP contribution in [0.5, 0.6) is 11.5 Å². The molecule has 8 nitrogen and oxygen atoms in total. The number of pyridine rings is 1. The molecular formula is C18H16N4O4. The SMILES string of the molecule is Cc1ccc(Oc2ccc(NC(=O)Cn3ccc(C(=O)O)n3)cc2)cn1. The maximum Gasteiger partial charge on any atom is 0.356 e. The van der Waals surface area contributed by atoms with Crippen LogP contribution in [0.3, 0.4) is 0 Å². The number of hydrogen-bond donors (Lipinski definition) is 2. The third-order valence-electron chi connectivity index (χ3n) is 3.42. The van der Waals surface area contributed by atoms with Crippen molar-refractivity contribution in [1.82, 2.24) is 14.8 Å². The van der Waals surface area contributed by atoms with Crippen molar-refractivity contribution in [3.63, 3.8) is 0 Å². The molecule has 0 spiro atoms. The number of hydrogen-bond acceptors (Lipinski definition) is 5. The van der Waals surface area contributed by atoms with Gasteiger partial charge in [0.25, 0.3) is 0 Å². The molecular weight excluding hydrogens is 336 g/mol. The minimum Gasteiger partial charge on any atom is -0.476 e. The first-order valence-corrected chi connectivity index (χ1v) is 7.77. The van der Waals surface area contributed by atoms with Gasteiger partial charge >= 0.3 is 5.97 Å². The number of nitrogens with zero attached hydrogens (tertiary/aromatic N) is 3. The van der Waals surface area contributed by atoms with Crippen molar-refractivity contribution in [2.45, 2.75) is 13.5 Å². The number of amides is 1. The van der Waals surface area contributed by atoms with Crippen LogP contribution in [-0.2, 0) is 11.3 Å². The lowest BCUT2D eigenvalue weighted by molar-refractivity contribution is -0.116. The molecule has 0 aliphatic rings. The normalized spacial score (nSPS) is 10.3. The molecule has 0 saturated heterocycles. The van der Waals surface area contributed by atoms with Gasteiger partial charge in [0.2, 0.25) is 5.91 Å². The number of aromatic carboxylic acids is 1. The van der Waals surface area contributed by atoms with Crippen LogP contribution in [-0.4, -0.2) is 31.7 Å². The van der Waals surface area contributed by atoms with Crippen molar-refractivity contribution >= 4 is 17.6 Å². The van der Waals surface area contributed by atoms with E-state index in [2.05, 4.69) is 15.4 Å². The molecule has 0 atom stereocenters. The van der Waals surface area contributed by atoms with Crippen molar-refractivity contribution < 1.29 is 19.4 Å². The predicted octanol–water partition coefficient (Wildman–Crippen LogP) is 2.72. The molecule has 2 heterocycles. The van der Waals surface area contributed by atoms with Crippen LogP contribution < -0.4 is 10.1 Å². The first-order chi connectivity index (χ1) is 12.5. The number of carboxylic acids is 1. The number of rotatable bonds is 6. The van der Waals surface area contributed by atoms with Gasteiger partial charge in [0, 0.05) is 17.6 Å². The lowest BCUT2D eigenvalue weighted by Gasteiger charge is -2.08. The molecule has 0 aliphatic heterocycles. The Labute approximate surface area is 149 Å². The second kappa shape index (κ2) is 7.47. The summed E-state index contributed by atoms with van der Waals surface area (Å²) in [5.41, 5.74) is 1.39. The molecule has 2 aromatic heterocycles. The van der Waals surface area contributed by atoms with Gasteiger partial charge in [0.15, 0.2) is 5.69 Å². The van der Waals surface area contributed by atoms with Gasteiger partial charge in [-0.2, -0.15) is 5.10 Å². The summed E-state index contributed by atoms with van der Waals surface area (Å²) in [5.74, 6) is -0.211. The van der Waals surface area contributed by atoms with Crippen LogP contribution in [0.4, 0.5) is 5.69 Å². The summed E-state index contributed by atoms with van der Waals surface area (Å²) in [6.45, 7) is 1.81. The minimum absolute atomic E-state index is 0.0828. The maximum absolute atomic E-state index is 12.0. The Hall–Kier alpha value is -3.68. The van der Waals surface area contributed by atoms with E-state index in [4.69, 9.17) is 9.84 Å². The third-order valence-corrected chi connectivity index (χ3v) is 3.42. The minimum atomic E-state index is -1.14. The highest BCUT2D eigenvalue weighted by atomic mass is 16.5. The van der Waals surface area contributed by atoms with Crippen LogP contribution in [0, 0.1) is 6.92 Å². The van der Waals surface area contributed by atoms with Crippen LogP contribution in [0.25, 0.3) is 0 Å². The van der Waals surface area contributed by atoms with E-state index >= 15 is 0 Å².